The fourth-order valence-electron chi connectivity index (χ4n) is 3.41. The summed E-state index contributed by atoms with van der Waals surface area (Å²) in [6.45, 7) is 1.21. The molecule has 6 heteroatoms. The van der Waals surface area contributed by atoms with E-state index in [1.165, 1.54) is 5.56 Å². The van der Waals surface area contributed by atoms with E-state index in [1.54, 1.807) is 18.5 Å². The van der Waals surface area contributed by atoms with Crippen LogP contribution in [0.4, 0.5) is 5.69 Å². The van der Waals surface area contributed by atoms with Gasteiger partial charge in [-0.2, -0.15) is 0 Å². The van der Waals surface area contributed by atoms with E-state index in [0.717, 1.165) is 24.0 Å². The summed E-state index contributed by atoms with van der Waals surface area (Å²) in [4.78, 5) is 33.8. The van der Waals surface area contributed by atoms with Gasteiger partial charge in [0.1, 0.15) is 5.65 Å². The fourth-order valence-corrected chi connectivity index (χ4v) is 3.41. The Bertz CT molecular complexity index is 963. The number of pyridine rings is 1. The maximum Gasteiger partial charge on any atom is 0.253 e. The minimum Gasteiger partial charge on any atom is -0.352 e. The van der Waals surface area contributed by atoms with Gasteiger partial charge in [0.2, 0.25) is 5.91 Å². The molecule has 4 rings (SSSR count). The van der Waals surface area contributed by atoms with Gasteiger partial charge in [0.05, 0.1) is 5.56 Å². The number of amides is 2. The molecule has 0 aliphatic carbocycles. The van der Waals surface area contributed by atoms with Crippen molar-refractivity contribution in [1.29, 1.82) is 0 Å². The topological polar surface area (TPSA) is 78.1 Å². The van der Waals surface area contributed by atoms with E-state index in [0.29, 0.717) is 30.6 Å². The molecule has 0 unspecified atom stereocenters. The molecule has 1 aromatic carbocycles. The molecule has 1 aliphatic heterocycles. The molecule has 3 heterocycles. The van der Waals surface area contributed by atoms with E-state index in [4.69, 9.17) is 0 Å². The molecular weight excluding hydrogens is 328 g/mol. The first-order valence-electron chi connectivity index (χ1n) is 8.82. The lowest BCUT2D eigenvalue weighted by atomic mass is 10.2. The fraction of sp³-hybridized carbons (Fsp3) is 0.250. The SMILES string of the molecule is O=C(NCCCC(=O)N1CCc2ccccc21)c1c[nH]c2ncccc12. The lowest BCUT2D eigenvalue weighted by Gasteiger charge is -2.17. The maximum atomic E-state index is 12.5. The first-order chi connectivity index (χ1) is 12.7. The van der Waals surface area contributed by atoms with E-state index in [2.05, 4.69) is 21.4 Å². The Morgan fingerprint density at radius 1 is 1.19 bits per heavy atom. The highest BCUT2D eigenvalue weighted by molar-refractivity contribution is 6.05. The Morgan fingerprint density at radius 2 is 2.08 bits per heavy atom. The molecule has 0 saturated carbocycles. The van der Waals surface area contributed by atoms with Crippen LogP contribution in [0.15, 0.2) is 48.8 Å². The molecule has 0 fully saturated rings. The molecular formula is C20H20N4O2. The highest BCUT2D eigenvalue weighted by atomic mass is 16.2. The van der Waals surface area contributed by atoms with Crippen molar-refractivity contribution < 1.29 is 9.59 Å². The molecule has 6 nitrogen and oxygen atoms in total. The number of fused-ring (bicyclic) bond motifs is 2. The lowest BCUT2D eigenvalue weighted by molar-refractivity contribution is -0.118. The summed E-state index contributed by atoms with van der Waals surface area (Å²) in [5, 5.41) is 3.69. The van der Waals surface area contributed by atoms with E-state index in [-0.39, 0.29) is 11.8 Å². The van der Waals surface area contributed by atoms with Gasteiger partial charge in [-0.15, -0.1) is 0 Å². The summed E-state index contributed by atoms with van der Waals surface area (Å²) in [6, 6.07) is 11.7. The van der Waals surface area contributed by atoms with Gasteiger partial charge in [-0.05, 0) is 36.6 Å². The van der Waals surface area contributed by atoms with Crippen molar-refractivity contribution in [2.75, 3.05) is 18.0 Å². The van der Waals surface area contributed by atoms with Gasteiger partial charge in [-0.25, -0.2) is 4.98 Å². The quantitative estimate of drug-likeness (QED) is 0.696. The maximum absolute atomic E-state index is 12.5. The van der Waals surface area contributed by atoms with Gasteiger partial charge in [-0.1, -0.05) is 18.2 Å². The average Bonchev–Trinajstić information content (AvgIpc) is 3.29. The van der Waals surface area contributed by atoms with E-state index in [1.807, 2.05) is 29.2 Å². The van der Waals surface area contributed by atoms with Gasteiger partial charge < -0.3 is 15.2 Å². The zero-order valence-corrected chi connectivity index (χ0v) is 14.4. The second kappa shape index (κ2) is 7.00. The number of para-hydroxylation sites is 1. The molecule has 1 aliphatic rings. The number of anilines is 1. The van der Waals surface area contributed by atoms with Crippen LogP contribution in [-0.2, 0) is 11.2 Å². The minimum atomic E-state index is -0.150. The molecule has 0 radical (unpaired) electrons. The molecule has 132 valence electrons. The summed E-state index contributed by atoms with van der Waals surface area (Å²) in [5.74, 6) is -0.0382. The van der Waals surface area contributed by atoms with Crippen LogP contribution in [0.1, 0.15) is 28.8 Å². The molecule has 3 aromatic rings. The smallest absolute Gasteiger partial charge is 0.253 e. The molecule has 0 saturated heterocycles. The van der Waals surface area contributed by atoms with Gasteiger partial charge in [0.25, 0.3) is 5.91 Å². The monoisotopic (exact) mass is 348 g/mol. The zero-order valence-electron chi connectivity index (χ0n) is 14.4. The van der Waals surface area contributed by atoms with Crippen LogP contribution in [0.5, 0.6) is 0 Å². The predicted octanol–water partition coefficient (Wildman–Crippen LogP) is 2.66. The number of hydrogen-bond acceptors (Lipinski definition) is 3. The number of nitrogens with one attached hydrogen (secondary N) is 2. The molecule has 0 atom stereocenters. The van der Waals surface area contributed by atoms with Gasteiger partial charge in [0.15, 0.2) is 0 Å². The summed E-state index contributed by atoms with van der Waals surface area (Å²) in [5.41, 5.74) is 3.52. The molecule has 26 heavy (non-hydrogen) atoms. The average molecular weight is 348 g/mol. The number of nitrogens with zero attached hydrogens (tertiary/aromatic N) is 2. The van der Waals surface area contributed by atoms with E-state index >= 15 is 0 Å². The van der Waals surface area contributed by atoms with Crippen LogP contribution >= 0.6 is 0 Å². The predicted molar refractivity (Wildman–Crippen MR) is 100 cm³/mol. The second-order valence-corrected chi connectivity index (χ2v) is 6.39. The van der Waals surface area contributed by atoms with Crippen LogP contribution in [0.3, 0.4) is 0 Å². The Kier molecular flexibility index (Phi) is 4.39. The summed E-state index contributed by atoms with van der Waals surface area (Å²) >= 11 is 0. The number of carbonyl (C=O) groups excluding carboxylic acids is 2. The van der Waals surface area contributed by atoms with Crippen LogP contribution in [0.25, 0.3) is 11.0 Å². The molecule has 2 aromatic heterocycles. The van der Waals surface area contributed by atoms with Crippen molar-refractivity contribution in [2.45, 2.75) is 19.3 Å². The van der Waals surface area contributed by atoms with Gasteiger partial charge >= 0.3 is 0 Å². The summed E-state index contributed by atoms with van der Waals surface area (Å²) in [6.07, 6.45) is 5.29. The zero-order chi connectivity index (χ0) is 17.9. The molecule has 0 spiro atoms. The molecule has 2 amide bonds. The number of benzene rings is 1. The van der Waals surface area contributed by atoms with Crippen LogP contribution in [0.2, 0.25) is 0 Å². The Hall–Kier alpha value is -3.15. The highest BCUT2D eigenvalue weighted by Gasteiger charge is 2.23. The first kappa shape index (κ1) is 16.3. The van der Waals surface area contributed by atoms with Crippen molar-refractivity contribution in [2.24, 2.45) is 0 Å². The third kappa shape index (κ3) is 3.06. The first-order valence-corrected chi connectivity index (χ1v) is 8.82. The van der Waals surface area contributed by atoms with Crippen molar-refractivity contribution in [1.82, 2.24) is 15.3 Å². The van der Waals surface area contributed by atoms with Crippen LogP contribution in [0, 0.1) is 0 Å². The third-order valence-electron chi connectivity index (χ3n) is 4.74. The molecule has 2 N–H and O–H groups in total. The van der Waals surface area contributed by atoms with Crippen molar-refractivity contribution in [3.05, 3.63) is 59.9 Å². The van der Waals surface area contributed by atoms with Crippen molar-refractivity contribution in [3.8, 4) is 0 Å². The highest BCUT2D eigenvalue weighted by Crippen LogP contribution is 2.28. The number of carbonyl (C=O) groups is 2. The normalized spacial score (nSPS) is 13.0. The standard InChI is InChI=1S/C20H20N4O2/c25-18(24-12-9-14-5-1-2-7-17(14)24)8-4-11-22-20(26)16-13-23-19-15(16)6-3-10-21-19/h1-3,5-7,10,13H,4,8-9,11-12H2,(H,21,23)(H,22,26). The third-order valence-corrected chi connectivity index (χ3v) is 4.74. The largest absolute Gasteiger partial charge is 0.352 e. The Balaban J connectivity index is 1.29. The van der Waals surface area contributed by atoms with E-state index < -0.39 is 0 Å². The Labute approximate surface area is 151 Å². The molecule has 0 bridgehead atoms. The second-order valence-electron chi connectivity index (χ2n) is 6.39. The number of hydrogen-bond donors (Lipinski definition) is 2. The lowest BCUT2D eigenvalue weighted by Crippen LogP contribution is -2.30. The van der Waals surface area contributed by atoms with Crippen LogP contribution in [-0.4, -0.2) is 34.9 Å². The van der Waals surface area contributed by atoms with Crippen molar-refractivity contribution >= 4 is 28.5 Å². The number of aromatic nitrogens is 2. The minimum absolute atomic E-state index is 0.112. The Morgan fingerprint density at radius 3 is 3.00 bits per heavy atom. The van der Waals surface area contributed by atoms with E-state index in [9.17, 15) is 9.59 Å². The summed E-state index contributed by atoms with van der Waals surface area (Å²) in [7, 11) is 0. The van der Waals surface area contributed by atoms with Gasteiger partial charge in [-0.3, -0.25) is 9.59 Å². The number of aromatic amines is 1. The van der Waals surface area contributed by atoms with Crippen molar-refractivity contribution in [3.63, 3.8) is 0 Å². The summed E-state index contributed by atoms with van der Waals surface area (Å²) < 4.78 is 0. The number of H-pyrrole nitrogens is 1. The van der Waals surface area contributed by atoms with Crippen LogP contribution < -0.4 is 10.2 Å². The van der Waals surface area contributed by atoms with Gasteiger partial charge in [0, 0.05) is 43.0 Å². The number of rotatable bonds is 5.